The summed E-state index contributed by atoms with van der Waals surface area (Å²) < 4.78 is 2.05. The molecule has 1 unspecified atom stereocenters. The summed E-state index contributed by atoms with van der Waals surface area (Å²) in [6, 6.07) is 0. The summed E-state index contributed by atoms with van der Waals surface area (Å²) >= 11 is 0. The molecule has 0 aliphatic rings. The van der Waals surface area contributed by atoms with E-state index < -0.39 is 0 Å². The molecule has 0 fully saturated rings. The van der Waals surface area contributed by atoms with Crippen LogP contribution in [0.25, 0.3) is 0 Å². The van der Waals surface area contributed by atoms with Gasteiger partial charge in [-0.3, -0.25) is 0 Å². The van der Waals surface area contributed by atoms with Crippen molar-refractivity contribution >= 4 is 0 Å². The Morgan fingerprint density at radius 3 is 2.52 bits per heavy atom. The molecular formula is C16H32N4O. The Balaban J connectivity index is 2.40. The third-order valence-corrected chi connectivity index (χ3v) is 3.92. The van der Waals surface area contributed by atoms with E-state index in [-0.39, 0.29) is 12.1 Å². The van der Waals surface area contributed by atoms with Crippen LogP contribution < -0.4 is 5.32 Å². The van der Waals surface area contributed by atoms with Crippen molar-refractivity contribution in [3.8, 4) is 0 Å². The molecule has 122 valence electrons. The van der Waals surface area contributed by atoms with Crippen LogP contribution in [0.3, 0.4) is 0 Å². The number of aromatic nitrogens is 3. The first-order chi connectivity index (χ1) is 10.1. The summed E-state index contributed by atoms with van der Waals surface area (Å²) in [5.74, 6) is 2.03. The second kappa shape index (κ2) is 9.15. The van der Waals surface area contributed by atoms with Gasteiger partial charge in [-0.05, 0) is 39.2 Å². The average Bonchev–Trinajstić information content (AvgIpc) is 2.92. The monoisotopic (exact) mass is 296 g/mol. The Morgan fingerprint density at radius 1 is 1.19 bits per heavy atom. The molecule has 1 atom stereocenters. The number of hydrogen-bond donors (Lipinski definition) is 2. The molecule has 1 aromatic rings. The Labute approximate surface area is 129 Å². The molecule has 0 aliphatic carbocycles. The van der Waals surface area contributed by atoms with Crippen LogP contribution in [0.5, 0.6) is 0 Å². The molecule has 0 saturated heterocycles. The zero-order valence-corrected chi connectivity index (χ0v) is 14.2. The Kier molecular flexibility index (Phi) is 7.89. The third-order valence-electron chi connectivity index (χ3n) is 3.92. The van der Waals surface area contributed by atoms with Gasteiger partial charge in [-0.25, -0.2) is 9.67 Å². The molecule has 1 rings (SSSR count). The maximum absolute atomic E-state index is 9.56. The molecule has 0 spiro atoms. The van der Waals surface area contributed by atoms with E-state index in [0.717, 1.165) is 63.3 Å². The quantitative estimate of drug-likeness (QED) is 0.615. The van der Waals surface area contributed by atoms with Crippen molar-refractivity contribution in [1.29, 1.82) is 0 Å². The van der Waals surface area contributed by atoms with Gasteiger partial charge in [0.25, 0.3) is 0 Å². The number of nitrogens with one attached hydrogen (secondary N) is 1. The van der Waals surface area contributed by atoms with Crippen molar-refractivity contribution in [2.75, 3.05) is 13.2 Å². The van der Waals surface area contributed by atoms with Crippen molar-refractivity contribution < 1.29 is 5.11 Å². The van der Waals surface area contributed by atoms with E-state index in [1.54, 1.807) is 0 Å². The number of hydrogen-bond acceptors (Lipinski definition) is 4. The average molecular weight is 296 g/mol. The second-order valence-electron chi connectivity index (χ2n) is 5.98. The fourth-order valence-corrected chi connectivity index (χ4v) is 2.44. The van der Waals surface area contributed by atoms with Crippen molar-refractivity contribution in [2.24, 2.45) is 0 Å². The van der Waals surface area contributed by atoms with Crippen molar-refractivity contribution in [1.82, 2.24) is 20.1 Å². The molecule has 2 N–H and O–H groups in total. The summed E-state index contributed by atoms with van der Waals surface area (Å²) in [5, 5.41) is 17.5. The van der Waals surface area contributed by atoms with Crippen molar-refractivity contribution in [3.63, 3.8) is 0 Å². The highest BCUT2D eigenvalue weighted by Crippen LogP contribution is 2.14. The molecule has 5 nitrogen and oxygen atoms in total. The SMILES string of the molecule is CCCNC(C)(CO)CCCCn1nc(CC)nc1CC. The first kappa shape index (κ1) is 18.1. The van der Waals surface area contributed by atoms with E-state index in [9.17, 15) is 5.11 Å². The highest BCUT2D eigenvalue weighted by atomic mass is 16.3. The van der Waals surface area contributed by atoms with Crippen LogP contribution in [0.4, 0.5) is 0 Å². The summed E-state index contributed by atoms with van der Waals surface area (Å²) in [6.45, 7) is 10.5. The first-order valence-electron chi connectivity index (χ1n) is 8.37. The van der Waals surface area contributed by atoms with Gasteiger partial charge in [0.15, 0.2) is 5.82 Å². The van der Waals surface area contributed by atoms with E-state index in [1.807, 2.05) is 0 Å². The first-order valence-corrected chi connectivity index (χ1v) is 8.37. The van der Waals surface area contributed by atoms with Crippen LogP contribution in [0.2, 0.25) is 0 Å². The fraction of sp³-hybridized carbons (Fsp3) is 0.875. The summed E-state index contributed by atoms with van der Waals surface area (Å²) in [5.41, 5.74) is -0.152. The number of aliphatic hydroxyl groups is 1. The minimum atomic E-state index is -0.152. The third kappa shape index (κ3) is 5.75. The Morgan fingerprint density at radius 2 is 1.95 bits per heavy atom. The fourth-order valence-electron chi connectivity index (χ4n) is 2.44. The van der Waals surface area contributed by atoms with E-state index in [2.05, 4.69) is 47.8 Å². The smallest absolute Gasteiger partial charge is 0.150 e. The summed E-state index contributed by atoms with van der Waals surface area (Å²) in [4.78, 5) is 4.53. The standard InChI is InChI=1S/C16H32N4O/c1-5-11-17-16(4,13-21)10-8-9-12-20-15(7-3)18-14(6-2)19-20/h17,21H,5-13H2,1-4H3. The lowest BCUT2D eigenvalue weighted by atomic mass is 9.95. The van der Waals surface area contributed by atoms with Crippen LogP contribution in [0.15, 0.2) is 0 Å². The maximum Gasteiger partial charge on any atom is 0.150 e. The molecule has 5 heteroatoms. The molecule has 0 amide bonds. The number of aryl methyl sites for hydroxylation is 3. The maximum atomic E-state index is 9.56. The number of nitrogens with zero attached hydrogens (tertiary/aromatic N) is 3. The van der Waals surface area contributed by atoms with Gasteiger partial charge in [0.2, 0.25) is 0 Å². The van der Waals surface area contributed by atoms with E-state index >= 15 is 0 Å². The van der Waals surface area contributed by atoms with Crippen molar-refractivity contribution in [2.45, 2.75) is 78.3 Å². The van der Waals surface area contributed by atoms with Crippen LogP contribution in [0, 0.1) is 0 Å². The lowest BCUT2D eigenvalue weighted by molar-refractivity contribution is 0.162. The summed E-state index contributed by atoms with van der Waals surface area (Å²) in [6.07, 6.45) is 6.05. The molecule has 0 radical (unpaired) electrons. The highest BCUT2D eigenvalue weighted by Gasteiger charge is 2.21. The molecule has 1 heterocycles. The minimum Gasteiger partial charge on any atom is -0.394 e. The number of aliphatic hydroxyl groups excluding tert-OH is 1. The Hall–Kier alpha value is -0.940. The van der Waals surface area contributed by atoms with Crippen LogP contribution in [-0.2, 0) is 19.4 Å². The largest absolute Gasteiger partial charge is 0.394 e. The Bertz CT molecular complexity index is 405. The van der Waals surface area contributed by atoms with E-state index in [1.165, 1.54) is 0 Å². The van der Waals surface area contributed by atoms with Crippen LogP contribution >= 0.6 is 0 Å². The molecule has 0 aliphatic heterocycles. The second-order valence-corrected chi connectivity index (χ2v) is 5.98. The predicted octanol–water partition coefficient (Wildman–Crippen LogP) is 2.32. The molecule has 0 bridgehead atoms. The van der Waals surface area contributed by atoms with E-state index in [4.69, 9.17) is 0 Å². The number of rotatable bonds is 11. The minimum absolute atomic E-state index is 0.152. The van der Waals surface area contributed by atoms with Crippen LogP contribution in [-0.4, -0.2) is 38.6 Å². The number of unbranched alkanes of at least 4 members (excludes halogenated alkanes) is 1. The van der Waals surface area contributed by atoms with Gasteiger partial charge < -0.3 is 10.4 Å². The van der Waals surface area contributed by atoms with Gasteiger partial charge in [-0.15, -0.1) is 0 Å². The lowest BCUT2D eigenvalue weighted by Gasteiger charge is -2.28. The summed E-state index contributed by atoms with van der Waals surface area (Å²) in [7, 11) is 0. The highest BCUT2D eigenvalue weighted by molar-refractivity contribution is 4.92. The van der Waals surface area contributed by atoms with Gasteiger partial charge in [0.1, 0.15) is 5.82 Å². The van der Waals surface area contributed by atoms with Gasteiger partial charge in [-0.2, -0.15) is 5.10 Å². The normalized spacial score (nSPS) is 14.3. The lowest BCUT2D eigenvalue weighted by Crippen LogP contribution is -2.46. The van der Waals surface area contributed by atoms with Crippen molar-refractivity contribution in [3.05, 3.63) is 11.6 Å². The topological polar surface area (TPSA) is 63.0 Å². The predicted molar refractivity (Wildman–Crippen MR) is 86.4 cm³/mol. The molecule has 21 heavy (non-hydrogen) atoms. The van der Waals surface area contributed by atoms with Crippen LogP contribution in [0.1, 0.15) is 65.0 Å². The van der Waals surface area contributed by atoms with E-state index in [0.29, 0.717) is 0 Å². The molecular weight excluding hydrogens is 264 g/mol. The van der Waals surface area contributed by atoms with Gasteiger partial charge in [0, 0.05) is 24.9 Å². The van der Waals surface area contributed by atoms with Gasteiger partial charge in [0.05, 0.1) is 6.61 Å². The molecule has 0 aromatic carbocycles. The molecule has 1 aromatic heterocycles. The van der Waals surface area contributed by atoms with Gasteiger partial charge in [-0.1, -0.05) is 20.8 Å². The molecule has 0 saturated carbocycles. The zero-order chi connectivity index (χ0) is 15.7. The zero-order valence-electron chi connectivity index (χ0n) is 14.2. The van der Waals surface area contributed by atoms with Gasteiger partial charge >= 0.3 is 0 Å².